The van der Waals surface area contributed by atoms with Crippen LogP contribution in [0.15, 0.2) is 60.0 Å². The number of aromatic nitrogens is 3. The molecular formula is C16H11ClFN3OS. The van der Waals surface area contributed by atoms with Gasteiger partial charge >= 0.3 is 0 Å². The Bertz CT molecular complexity index is 835. The molecule has 0 aliphatic rings. The molecule has 3 rings (SSSR count). The van der Waals surface area contributed by atoms with E-state index in [1.165, 1.54) is 36.0 Å². The average molecular weight is 348 g/mol. The molecule has 0 unspecified atom stereocenters. The van der Waals surface area contributed by atoms with Gasteiger partial charge in [-0.3, -0.25) is 9.36 Å². The van der Waals surface area contributed by atoms with Gasteiger partial charge in [-0.15, -0.1) is 10.2 Å². The molecule has 116 valence electrons. The van der Waals surface area contributed by atoms with Crippen LogP contribution in [0.2, 0.25) is 5.02 Å². The van der Waals surface area contributed by atoms with Crippen molar-refractivity contribution in [1.82, 2.24) is 14.8 Å². The summed E-state index contributed by atoms with van der Waals surface area (Å²) in [5.74, 6) is -0.282. The molecule has 0 spiro atoms. The molecule has 2 aromatic carbocycles. The summed E-state index contributed by atoms with van der Waals surface area (Å²) < 4.78 is 14.6. The Kier molecular flexibility index (Phi) is 4.73. The van der Waals surface area contributed by atoms with E-state index in [1.54, 1.807) is 23.0 Å². The van der Waals surface area contributed by atoms with Gasteiger partial charge in [0.1, 0.15) is 12.1 Å². The molecule has 1 heterocycles. The Morgan fingerprint density at radius 2 is 2.00 bits per heavy atom. The molecule has 0 fully saturated rings. The third-order valence-electron chi connectivity index (χ3n) is 3.10. The highest BCUT2D eigenvalue weighted by Gasteiger charge is 2.12. The van der Waals surface area contributed by atoms with E-state index in [-0.39, 0.29) is 17.4 Å². The predicted molar refractivity (Wildman–Crippen MR) is 87.8 cm³/mol. The van der Waals surface area contributed by atoms with Crippen molar-refractivity contribution in [3.05, 3.63) is 71.3 Å². The molecular weight excluding hydrogens is 337 g/mol. The highest BCUT2D eigenvalue weighted by atomic mass is 35.5. The summed E-state index contributed by atoms with van der Waals surface area (Å²) in [6.07, 6.45) is 1.57. The number of hydrogen-bond acceptors (Lipinski definition) is 4. The van der Waals surface area contributed by atoms with Gasteiger partial charge in [0, 0.05) is 10.6 Å². The number of ketones is 1. The van der Waals surface area contributed by atoms with Crippen molar-refractivity contribution < 1.29 is 9.18 Å². The number of hydrogen-bond donors (Lipinski definition) is 0. The number of carbonyl (C=O) groups excluding carboxylic acids is 1. The molecule has 0 aliphatic heterocycles. The second kappa shape index (κ2) is 6.93. The minimum absolute atomic E-state index is 0.101. The van der Waals surface area contributed by atoms with Gasteiger partial charge in [0.15, 0.2) is 10.9 Å². The van der Waals surface area contributed by atoms with E-state index in [2.05, 4.69) is 10.2 Å². The highest BCUT2D eigenvalue weighted by molar-refractivity contribution is 7.99. The van der Waals surface area contributed by atoms with E-state index in [1.807, 2.05) is 12.1 Å². The lowest BCUT2D eigenvalue weighted by molar-refractivity contribution is 0.102. The highest BCUT2D eigenvalue weighted by Crippen LogP contribution is 2.22. The van der Waals surface area contributed by atoms with Crippen LogP contribution in [0.25, 0.3) is 5.69 Å². The predicted octanol–water partition coefficient (Wildman–Crippen LogP) is 4.03. The maximum absolute atomic E-state index is 12.9. The quantitative estimate of drug-likeness (QED) is 0.516. The minimum Gasteiger partial charge on any atom is -0.293 e. The Morgan fingerprint density at radius 1 is 1.22 bits per heavy atom. The van der Waals surface area contributed by atoms with Crippen molar-refractivity contribution in [2.45, 2.75) is 5.16 Å². The second-order valence-corrected chi connectivity index (χ2v) is 6.06. The third kappa shape index (κ3) is 3.78. The zero-order chi connectivity index (χ0) is 16.2. The smallest absolute Gasteiger partial charge is 0.196 e. The van der Waals surface area contributed by atoms with Gasteiger partial charge in [0.25, 0.3) is 0 Å². The molecule has 0 radical (unpaired) electrons. The van der Waals surface area contributed by atoms with Crippen molar-refractivity contribution in [2.75, 3.05) is 5.75 Å². The van der Waals surface area contributed by atoms with Crippen molar-refractivity contribution in [3.8, 4) is 5.69 Å². The van der Waals surface area contributed by atoms with Gasteiger partial charge < -0.3 is 0 Å². The number of benzene rings is 2. The SMILES string of the molecule is O=C(CSc1nncn1-c1cccc(Cl)c1)c1ccc(F)cc1. The lowest BCUT2D eigenvalue weighted by Crippen LogP contribution is -2.04. The zero-order valence-corrected chi connectivity index (χ0v) is 13.4. The van der Waals surface area contributed by atoms with Gasteiger partial charge in [-0.25, -0.2) is 4.39 Å². The van der Waals surface area contributed by atoms with E-state index in [9.17, 15) is 9.18 Å². The first-order valence-corrected chi connectivity index (χ1v) is 8.07. The van der Waals surface area contributed by atoms with Gasteiger partial charge in [0.2, 0.25) is 0 Å². The standard InChI is InChI=1S/C16H11ClFN3OS/c17-12-2-1-3-14(8-12)21-10-19-20-16(21)23-9-15(22)11-4-6-13(18)7-5-11/h1-8,10H,9H2. The molecule has 23 heavy (non-hydrogen) atoms. The second-order valence-electron chi connectivity index (χ2n) is 4.68. The molecule has 0 atom stereocenters. The minimum atomic E-state index is -0.366. The van der Waals surface area contributed by atoms with Crippen LogP contribution in [-0.2, 0) is 0 Å². The number of halogens is 2. The fraction of sp³-hybridized carbons (Fsp3) is 0.0625. The van der Waals surface area contributed by atoms with Crippen molar-refractivity contribution in [2.24, 2.45) is 0 Å². The molecule has 3 aromatic rings. The first-order valence-electron chi connectivity index (χ1n) is 6.71. The summed E-state index contributed by atoms with van der Waals surface area (Å²) in [6, 6.07) is 12.8. The summed E-state index contributed by atoms with van der Waals surface area (Å²) in [7, 11) is 0. The fourth-order valence-electron chi connectivity index (χ4n) is 1.98. The monoisotopic (exact) mass is 347 g/mol. The summed E-state index contributed by atoms with van der Waals surface area (Å²) in [5.41, 5.74) is 1.28. The Hall–Kier alpha value is -2.18. The van der Waals surface area contributed by atoms with E-state index < -0.39 is 0 Å². The van der Waals surface area contributed by atoms with Crippen LogP contribution < -0.4 is 0 Å². The molecule has 7 heteroatoms. The van der Waals surface area contributed by atoms with Gasteiger partial charge in [-0.05, 0) is 42.5 Å². The number of thioether (sulfide) groups is 1. The third-order valence-corrected chi connectivity index (χ3v) is 4.28. The summed E-state index contributed by atoms with van der Waals surface area (Å²) in [5, 5.41) is 9.09. The van der Waals surface area contributed by atoms with Gasteiger partial charge in [0.05, 0.1) is 11.4 Å². The first kappa shape index (κ1) is 15.7. The van der Waals surface area contributed by atoms with Crippen LogP contribution in [0.3, 0.4) is 0 Å². The van der Waals surface area contributed by atoms with Crippen LogP contribution in [0.1, 0.15) is 10.4 Å². The van der Waals surface area contributed by atoms with Crippen LogP contribution >= 0.6 is 23.4 Å². The molecule has 1 aromatic heterocycles. The lowest BCUT2D eigenvalue weighted by atomic mass is 10.1. The van der Waals surface area contributed by atoms with Crippen molar-refractivity contribution in [3.63, 3.8) is 0 Å². The first-order chi connectivity index (χ1) is 11.1. The average Bonchev–Trinajstić information content (AvgIpc) is 3.02. The Morgan fingerprint density at radius 3 is 2.74 bits per heavy atom. The van der Waals surface area contributed by atoms with Crippen LogP contribution in [0.4, 0.5) is 4.39 Å². The Balaban J connectivity index is 1.73. The molecule has 0 N–H and O–H groups in total. The molecule has 0 aliphatic carbocycles. The van der Waals surface area contributed by atoms with Crippen molar-refractivity contribution in [1.29, 1.82) is 0 Å². The molecule has 0 bridgehead atoms. The normalized spacial score (nSPS) is 10.7. The maximum atomic E-state index is 12.9. The molecule has 0 saturated heterocycles. The van der Waals surface area contributed by atoms with Crippen LogP contribution in [0, 0.1) is 5.82 Å². The fourth-order valence-corrected chi connectivity index (χ4v) is 2.98. The summed E-state index contributed by atoms with van der Waals surface area (Å²) >= 11 is 7.25. The van der Waals surface area contributed by atoms with E-state index in [0.717, 1.165) is 5.69 Å². The van der Waals surface area contributed by atoms with E-state index in [0.29, 0.717) is 15.7 Å². The topological polar surface area (TPSA) is 47.8 Å². The summed E-state index contributed by atoms with van der Waals surface area (Å²) in [4.78, 5) is 12.1. The van der Waals surface area contributed by atoms with Gasteiger partial charge in [-0.2, -0.15) is 0 Å². The zero-order valence-electron chi connectivity index (χ0n) is 11.8. The lowest BCUT2D eigenvalue weighted by Gasteiger charge is -2.06. The van der Waals surface area contributed by atoms with Crippen LogP contribution in [0.5, 0.6) is 0 Å². The molecule has 4 nitrogen and oxygen atoms in total. The number of nitrogens with zero attached hydrogens (tertiary/aromatic N) is 3. The van der Waals surface area contributed by atoms with Crippen molar-refractivity contribution >= 4 is 29.1 Å². The number of rotatable bonds is 5. The van der Waals surface area contributed by atoms with E-state index >= 15 is 0 Å². The summed E-state index contributed by atoms with van der Waals surface area (Å²) in [6.45, 7) is 0. The number of Topliss-reactive ketones (excluding diaryl/α,β-unsaturated/α-hetero) is 1. The van der Waals surface area contributed by atoms with Crippen LogP contribution in [-0.4, -0.2) is 26.3 Å². The van der Waals surface area contributed by atoms with E-state index in [4.69, 9.17) is 11.6 Å². The maximum Gasteiger partial charge on any atom is 0.196 e. The largest absolute Gasteiger partial charge is 0.293 e. The number of carbonyl (C=O) groups is 1. The Labute approximate surface area is 141 Å². The molecule has 0 saturated carbocycles. The molecule has 0 amide bonds. The van der Waals surface area contributed by atoms with Gasteiger partial charge in [-0.1, -0.05) is 29.4 Å².